The van der Waals surface area contributed by atoms with E-state index in [1.54, 1.807) is 6.33 Å². The molecule has 1 aliphatic heterocycles. The summed E-state index contributed by atoms with van der Waals surface area (Å²) in [7, 11) is 0. The molecule has 3 heterocycles. The monoisotopic (exact) mass is 281 g/mol. The SMILES string of the molecule is Cc1ccc(N2CCc3ncnc(C4CC4)c3CC2)nn1. The van der Waals surface area contributed by atoms with Gasteiger partial charge in [-0.25, -0.2) is 9.97 Å². The molecule has 4 rings (SSSR count). The summed E-state index contributed by atoms with van der Waals surface area (Å²) in [6.45, 7) is 3.89. The van der Waals surface area contributed by atoms with E-state index in [9.17, 15) is 0 Å². The lowest BCUT2D eigenvalue weighted by Crippen LogP contribution is -2.27. The van der Waals surface area contributed by atoms with Crippen molar-refractivity contribution in [3.05, 3.63) is 41.1 Å². The molecule has 2 aliphatic rings. The number of anilines is 1. The van der Waals surface area contributed by atoms with Crippen LogP contribution in [0.5, 0.6) is 0 Å². The smallest absolute Gasteiger partial charge is 0.151 e. The Hall–Kier alpha value is -2.04. The summed E-state index contributed by atoms with van der Waals surface area (Å²) in [5, 5.41) is 8.49. The number of aromatic nitrogens is 4. The van der Waals surface area contributed by atoms with Gasteiger partial charge in [0.05, 0.1) is 11.4 Å². The second-order valence-corrected chi connectivity index (χ2v) is 5.98. The second-order valence-electron chi connectivity index (χ2n) is 5.98. The van der Waals surface area contributed by atoms with E-state index < -0.39 is 0 Å². The first-order valence-corrected chi connectivity index (χ1v) is 7.69. The first-order valence-electron chi connectivity index (χ1n) is 7.69. The van der Waals surface area contributed by atoms with Gasteiger partial charge in [0, 0.05) is 31.1 Å². The Kier molecular flexibility index (Phi) is 3.05. The van der Waals surface area contributed by atoms with Crippen molar-refractivity contribution in [2.24, 2.45) is 0 Å². The van der Waals surface area contributed by atoms with E-state index >= 15 is 0 Å². The quantitative estimate of drug-likeness (QED) is 0.843. The molecular formula is C16H19N5. The van der Waals surface area contributed by atoms with Gasteiger partial charge in [0.1, 0.15) is 6.33 Å². The Morgan fingerprint density at radius 2 is 1.90 bits per heavy atom. The van der Waals surface area contributed by atoms with Gasteiger partial charge in [0.2, 0.25) is 0 Å². The summed E-state index contributed by atoms with van der Waals surface area (Å²) < 4.78 is 0. The molecule has 5 heteroatoms. The van der Waals surface area contributed by atoms with Gasteiger partial charge < -0.3 is 4.90 Å². The maximum absolute atomic E-state index is 4.55. The van der Waals surface area contributed by atoms with Crippen LogP contribution in [0.1, 0.15) is 41.4 Å². The number of aryl methyl sites for hydroxylation is 1. The highest BCUT2D eigenvalue weighted by Crippen LogP contribution is 2.41. The second kappa shape index (κ2) is 5.06. The molecule has 2 aromatic heterocycles. The summed E-state index contributed by atoms with van der Waals surface area (Å²) in [4.78, 5) is 11.4. The topological polar surface area (TPSA) is 54.8 Å². The number of nitrogens with zero attached hydrogens (tertiary/aromatic N) is 5. The summed E-state index contributed by atoms with van der Waals surface area (Å²) in [5.74, 6) is 1.65. The molecule has 0 atom stereocenters. The van der Waals surface area contributed by atoms with Crippen molar-refractivity contribution < 1.29 is 0 Å². The summed E-state index contributed by atoms with van der Waals surface area (Å²) >= 11 is 0. The van der Waals surface area contributed by atoms with Crippen LogP contribution >= 0.6 is 0 Å². The van der Waals surface area contributed by atoms with Gasteiger partial charge in [0.15, 0.2) is 5.82 Å². The van der Waals surface area contributed by atoms with Crippen LogP contribution in [-0.4, -0.2) is 33.3 Å². The molecule has 0 saturated heterocycles. The first kappa shape index (κ1) is 12.7. The van der Waals surface area contributed by atoms with Crippen molar-refractivity contribution >= 4 is 5.82 Å². The Morgan fingerprint density at radius 3 is 2.67 bits per heavy atom. The minimum absolute atomic E-state index is 0.687. The number of hydrogen-bond donors (Lipinski definition) is 0. The van der Waals surface area contributed by atoms with E-state index in [4.69, 9.17) is 0 Å². The molecule has 1 fully saturated rings. The molecule has 0 radical (unpaired) electrons. The van der Waals surface area contributed by atoms with Crippen molar-refractivity contribution in [3.63, 3.8) is 0 Å². The predicted molar refractivity (Wildman–Crippen MR) is 80.4 cm³/mol. The molecule has 108 valence electrons. The van der Waals surface area contributed by atoms with Crippen molar-refractivity contribution in [1.82, 2.24) is 20.2 Å². The highest BCUT2D eigenvalue weighted by Gasteiger charge is 2.30. The fourth-order valence-electron chi connectivity index (χ4n) is 3.05. The molecule has 0 spiro atoms. The normalized spacial score (nSPS) is 18.2. The van der Waals surface area contributed by atoms with E-state index in [1.165, 1.54) is 29.8 Å². The number of hydrogen-bond acceptors (Lipinski definition) is 5. The Balaban J connectivity index is 1.59. The molecule has 0 unspecified atom stereocenters. The maximum Gasteiger partial charge on any atom is 0.151 e. The lowest BCUT2D eigenvalue weighted by molar-refractivity contribution is 0.770. The molecule has 1 saturated carbocycles. The van der Waals surface area contributed by atoms with Crippen LogP contribution in [-0.2, 0) is 12.8 Å². The van der Waals surface area contributed by atoms with Gasteiger partial charge in [0.25, 0.3) is 0 Å². The number of rotatable bonds is 2. The zero-order chi connectivity index (χ0) is 14.2. The average molecular weight is 281 g/mol. The van der Waals surface area contributed by atoms with E-state index in [-0.39, 0.29) is 0 Å². The fraction of sp³-hybridized carbons (Fsp3) is 0.500. The van der Waals surface area contributed by atoms with Crippen LogP contribution in [0.25, 0.3) is 0 Å². The predicted octanol–water partition coefficient (Wildman–Crippen LogP) is 2.06. The van der Waals surface area contributed by atoms with Crippen molar-refractivity contribution in [2.75, 3.05) is 18.0 Å². The summed E-state index contributed by atoms with van der Waals surface area (Å²) in [5.41, 5.74) is 4.88. The third-order valence-corrected chi connectivity index (χ3v) is 4.39. The zero-order valence-electron chi connectivity index (χ0n) is 12.3. The molecule has 0 aromatic carbocycles. The first-order chi connectivity index (χ1) is 10.3. The third-order valence-electron chi connectivity index (χ3n) is 4.39. The van der Waals surface area contributed by atoms with E-state index in [1.807, 2.05) is 13.0 Å². The minimum atomic E-state index is 0.687. The standard InChI is InChI=1S/C16H19N5/c1-11-2-5-15(20-19-11)21-8-6-13-14(7-9-21)17-10-18-16(13)12-3-4-12/h2,5,10,12H,3-4,6-9H2,1H3. The van der Waals surface area contributed by atoms with Gasteiger partial charge in [-0.05, 0) is 43.9 Å². The van der Waals surface area contributed by atoms with Gasteiger partial charge in [-0.1, -0.05) is 0 Å². The van der Waals surface area contributed by atoms with Crippen LogP contribution in [0.2, 0.25) is 0 Å². The van der Waals surface area contributed by atoms with E-state index in [2.05, 4.69) is 31.1 Å². The molecule has 21 heavy (non-hydrogen) atoms. The Labute approximate surface area is 124 Å². The average Bonchev–Trinajstić information content (AvgIpc) is 3.34. The van der Waals surface area contributed by atoms with Crippen molar-refractivity contribution in [1.29, 1.82) is 0 Å². The van der Waals surface area contributed by atoms with Crippen LogP contribution in [0.3, 0.4) is 0 Å². The van der Waals surface area contributed by atoms with E-state index in [0.717, 1.165) is 37.4 Å². The van der Waals surface area contributed by atoms with Gasteiger partial charge in [-0.2, -0.15) is 5.10 Å². The molecular weight excluding hydrogens is 262 g/mol. The van der Waals surface area contributed by atoms with Gasteiger partial charge in [-0.3, -0.25) is 0 Å². The zero-order valence-corrected chi connectivity index (χ0v) is 12.3. The van der Waals surface area contributed by atoms with Crippen molar-refractivity contribution in [3.8, 4) is 0 Å². The van der Waals surface area contributed by atoms with Crippen LogP contribution in [0.4, 0.5) is 5.82 Å². The molecule has 0 amide bonds. The highest BCUT2D eigenvalue weighted by atomic mass is 15.3. The highest BCUT2D eigenvalue weighted by molar-refractivity contribution is 5.41. The minimum Gasteiger partial charge on any atom is -0.354 e. The Morgan fingerprint density at radius 1 is 1.05 bits per heavy atom. The maximum atomic E-state index is 4.55. The van der Waals surface area contributed by atoms with Crippen LogP contribution < -0.4 is 4.90 Å². The summed E-state index contributed by atoms with van der Waals surface area (Å²) in [6.07, 6.45) is 6.30. The lowest BCUT2D eigenvalue weighted by atomic mass is 10.0. The van der Waals surface area contributed by atoms with Gasteiger partial charge >= 0.3 is 0 Å². The molecule has 0 N–H and O–H groups in total. The molecule has 2 aromatic rings. The molecule has 1 aliphatic carbocycles. The lowest BCUT2D eigenvalue weighted by Gasteiger charge is -2.20. The molecule has 5 nitrogen and oxygen atoms in total. The van der Waals surface area contributed by atoms with Gasteiger partial charge in [-0.15, -0.1) is 5.10 Å². The van der Waals surface area contributed by atoms with Crippen LogP contribution in [0, 0.1) is 6.92 Å². The Bertz CT molecular complexity index is 648. The number of fused-ring (bicyclic) bond motifs is 1. The van der Waals surface area contributed by atoms with Crippen molar-refractivity contribution in [2.45, 2.75) is 38.5 Å². The third kappa shape index (κ3) is 2.48. The molecule has 0 bridgehead atoms. The van der Waals surface area contributed by atoms with E-state index in [0.29, 0.717) is 5.92 Å². The largest absolute Gasteiger partial charge is 0.354 e. The fourth-order valence-corrected chi connectivity index (χ4v) is 3.05. The summed E-state index contributed by atoms with van der Waals surface area (Å²) in [6, 6.07) is 4.08. The van der Waals surface area contributed by atoms with Crippen LogP contribution in [0.15, 0.2) is 18.5 Å².